The average molecular weight is 552 g/mol. The Morgan fingerprint density at radius 2 is 1.60 bits per heavy atom. The number of halogens is 2. The van der Waals surface area contributed by atoms with Gasteiger partial charge in [-0.3, -0.25) is 4.98 Å². The molecule has 40 heavy (non-hydrogen) atoms. The molecule has 0 atom stereocenters. The number of imide groups is 1. The van der Waals surface area contributed by atoms with Crippen LogP contribution in [0.2, 0.25) is 0 Å². The molecule has 0 saturated heterocycles. The second kappa shape index (κ2) is 11.7. The van der Waals surface area contributed by atoms with Crippen LogP contribution < -0.4 is 10.2 Å². The Kier molecular flexibility index (Phi) is 8.73. The van der Waals surface area contributed by atoms with Crippen molar-refractivity contribution in [1.29, 1.82) is 5.26 Å². The third-order valence-electron chi connectivity index (χ3n) is 5.38. The molecule has 0 aliphatic rings. The highest BCUT2D eigenvalue weighted by atomic mass is 19.1. The summed E-state index contributed by atoms with van der Waals surface area (Å²) in [5, 5.41) is 11.9. The number of hydrogen-bond donors (Lipinski definition) is 1. The number of anilines is 3. The Labute approximate surface area is 231 Å². The van der Waals surface area contributed by atoms with Crippen molar-refractivity contribution in [3.8, 4) is 6.07 Å². The zero-order valence-corrected chi connectivity index (χ0v) is 23.4. The van der Waals surface area contributed by atoms with Gasteiger partial charge in [0.1, 0.15) is 17.0 Å². The molecule has 11 heteroatoms. The maximum Gasteiger partial charge on any atom is 0.425 e. The topological polar surface area (TPSA) is 117 Å². The van der Waals surface area contributed by atoms with E-state index in [1.807, 2.05) is 6.07 Å². The Balaban J connectivity index is 1.97. The molecule has 0 bridgehead atoms. The number of nitriles is 1. The van der Waals surface area contributed by atoms with Crippen molar-refractivity contribution in [3.63, 3.8) is 0 Å². The van der Waals surface area contributed by atoms with Gasteiger partial charge in [0, 0.05) is 18.8 Å². The predicted molar refractivity (Wildman–Crippen MR) is 145 cm³/mol. The predicted octanol–water partition coefficient (Wildman–Crippen LogP) is 6.95. The van der Waals surface area contributed by atoms with Gasteiger partial charge >= 0.3 is 12.2 Å². The molecule has 0 unspecified atom stereocenters. The number of carbonyl (C=O) groups excluding carboxylic acids is 2. The summed E-state index contributed by atoms with van der Waals surface area (Å²) in [5.74, 6) is -2.10. The fraction of sp³-hybridized carbons (Fsp3) is 0.345. The molecule has 210 valence electrons. The lowest BCUT2D eigenvalue weighted by atomic mass is 10.0. The van der Waals surface area contributed by atoms with Crippen LogP contribution in [0, 0.1) is 29.9 Å². The number of carbonyl (C=O) groups is 2. The van der Waals surface area contributed by atoms with Crippen LogP contribution in [-0.4, -0.2) is 33.4 Å². The van der Waals surface area contributed by atoms with Gasteiger partial charge < -0.3 is 14.8 Å². The summed E-state index contributed by atoms with van der Waals surface area (Å²) in [6.45, 7) is 11.4. The van der Waals surface area contributed by atoms with E-state index in [9.17, 15) is 14.0 Å². The fourth-order valence-electron chi connectivity index (χ4n) is 3.54. The van der Waals surface area contributed by atoms with Crippen LogP contribution in [0.3, 0.4) is 0 Å². The van der Waals surface area contributed by atoms with E-state index in [0.717, 1.165) is 6.07 Å². The number of aromatic nitrogens is 2. The van der Waals surface area contributed by atoms with Gasteiger partial charge in [0.15, 0.2) is 11.6 Å². The largest absolute Gasteiger partial charge is 0.443 e. The number of nitrogens with zero attached hydrogens (tertiary/aromatic N) is 4. The number of hydrogen-bond acceptors (Lipinski definition) is 8. The summed E-state index contributed by atoms with van der Waals surface area (Å²) in [5.41, 5.74) is 0.218. The quantitative estimate of drug-likeness (QED) is 0.362. The number of benzene rings is 1. The van der Waals surface area contributed by atoms with Crippen LogP contribution in [0.15, 0.2) is 42.9 Å². The van der Waals surface area contributed by atoms with Crippen molar-refractivity contribution in [2.75, 3.05) is 10.2 Å². The van der Waals surface area contributed by atoms with Crippen LogP contribution in [0.5, 0.6) is 0 Å². The molecule has 1 aromatic carbocycles. The van der Waals surface area contributed by atoms with Gasteiger partial charge in [-0.05, 0) is 89.4 Å². The second-order valence-corrected chi connectivity index (χ2v) is 11.0. The first-order valence-corrected chi connectivity index (χ1v) is 12.4. The normalized spacial score (nSPS) is 11.4. The molecule has 0 aliphatic carbocycles. The van der Waals surface area contributed by atoms with E-state index in [1.54, 1.807) is 48.5 Å². The monoisotopic (exact) mass is 551 g/mol. The van der Waals surface area contributed by atoms with E-state index in [1.165, 1.54) is 36.8 Å². The van der Waals surface area contributed by atoms with Crippen LogP contribution in [-0.2, 0) is 15.9 Å². The highest BCUT2D eigenvalue weighted by molar-refractivity contribution is 6.08. The molecule has 3 aromatic rings. The fourth-order valence-corrected chi connectivity index (χ4v) is 3.54. The van der Waals surface area contributed by atoms with Gasteiger partial charge in [-0.25, -0.2) is 23.4 Å². The lowest BCUT2D eigenvalue weighted by Gasteiger charge is -2.28. The molecule has 2 heterocycles. The number of pyridine rings is 2. The van der Waals surface area contributed by atoms with Gasteiger partial charge in [0.2, 0.25) is 0 Å². The summed E-state index contributed by atoms with van der Waals surface area (Å²) in [6, 6.07) is 7.33. The van der Waals surface area contributed by atoms with Crippen molar-refractivity contribution in [2.24, 2.45) is 0 Å². The first-order valence-electron chi connectivity index (χ1n) is 12.4. The molecule has 0 saturated carbocycles. The number of rotatable bonds is 5. The van der Waals surface area contributed by atoms with Crippen LogP contribution >= 0.6 is 0 Å². The Morgan fingerprint density at radius 3 is 2.15 bits per heavy atom. The molecule has 3 rings (SSSR count). The molecule has 0 spiro atoms. The highest BCUT2D eigenvalue weighted by Crippen LogP contribution is 2.29. The molecule has 9 nitrogen and oxygen atoms in total. The average Bonchev–Trinajstić information content (AvgIpc) is 2.82. The van der Waals surface area contributed by atoms with Crippen LogP contribution in [0.25, 0.3) is 0 Å². The van der Waals surface area contributed by atoms with Crippen LogP contribution in [0.1, 0.15) is 63.8 Å². The molecular formula is C29H31F2N5O4. The van der Waals surface area contributed by atoms with E-state index in [4.69, 9.17) is 14.7 Å². The maximum absolute atomic E-state index is 15.9. The van der Waals surface area contributed by atoms with Crippen molar-refractivity contribution >= 4 is 29.4 Å². The first kappa shape index (κ1) is 30.0. The van der Waals surface area contributed by atoms with Gasteiger partial charge in [-0.2, -0.15) is 10.2 Å². The minimum Gasteiger partial charge on any atom is -0.443 e. The molecule has 0 aliphatic heterocycles. The first-order chi connectivity index (χ1) is 18.6. The Hall–Kier alpha value is -4.59. The molecular weight excluding hydrogens is 520 g/mol. The third-order valence-corrected chi connectivity index (χ3v) is 5.38. The van der Waals surface area contributed by atoms with E-state index in [0.29, 0.717) is 21.7 Å². The molecule has 2 amide bonds. The van der Waals surface area contributed by atoms with E-state index in [-0.39, 0.29) is 23.2 Å². The summed E-state index contributed by atoms with van der Waals surface area (Å²) >= 11 is 0. The van der Waals surface area contributed by atoms with Gasteiger partial charge in [0.25, 0.3) is 0 Å². The SMILES string of the molecule is Cc1c(Cc2ccnc(N(C(=O)OC(C)(C)C)C(=O)OC(C)(C)C)c2F)cncc1Nc1ccc(C#N)cc1F. The zero-order valence-electron chi connectivity index (χ0n) is 23.4. The summed E-state index contributed by atoms with van der Waals surface area (Å²) in [4.78, 5) is 34.5. The highest BCUT2D eigenvalue weighted by Gasteiger charge is 2.36. The van der Waals surface area contributed by atoms with E-state index >= 15 is 4.39 Å². The molecule has 1 N–H and O–H groups in total. The summed E-state index contributed by atoms with van der Waals surface area (Å²) < 4.78 is 41.0. The van der Waals surface area contributed by atoms with Crippen molar-refractivity contribution in [1.82, 2.24) is 9.97 Å². The molecule has 2 aromatic heterocycles. The Bertz CT molecular complexity index is 1440. The van der Waals surface area contributed by atoms with Crippen LogP contribution in [0.4, 0.5) is 35.6 Å². The lowest BCUT2D eigenvalue weighted by molar-refractivity contribution is 0.0427. The summed E-state index contributed by atoms with van der Waals surface area (Å²) in [6.07, 6.45) is 2.04. The number of ether oxygens (including phenoxy) is 2. The number of amides is 2. The molecule has 0 fully saturated rings. The van der Waals surface area contributed by atoms with Crippen molar-refractivity contribution < 1.29 is 27.8 Å². The zero-order chi connectivity index (χ0) is 29.8. The molecule has 0 radical (unpaired) electrons. The standard InChI is InChI=1S/C29H31F2N5O4/c1-17-20(15-33-16-23(17)35-22-9-8-18(14-32)12-21(22)30)13-19-10-11-34-25(24(19)31)36(26(37)39-28(2,3)4)27(38)40-29(5,6)7/h8-12,15-16,35H,13H2,1-7H3. The minimum absolute atomic E-state index is 0.0159. The van der Waals surface area contributed by atoms with Crippen molar-refractivity contribution in [3.05, 3.63) is 76.7 Å². The van der Waals surface area contributed by atoms with Crippen molar-refractivity contribution in [2.45, 2.75) is 66.1 Å². The van der Waals surface area contributed by atoms with E-state index in [2.05, 4.69) is 15.3 Å². The third kappa shape index (κ3) is 7.50. The van der Waals surface area contributed by atoms with Gasteiger partial charge in [-0.1, -0.05) is 0 Å². The van der Waals surface area contributed by atoms with E-state index < -0.39 is 40.8 Å². The van der Waals surface area contributed by atoms with Gasteiger partial charge in [-0.15, -0.1) is 0 Å². The summed E-state index contributed by atoms with van der Waals surface area (Å²) in [7, 11) is 0. The van der Waals surface area contributed by atoms with Gasteiger partial charge in [0.05, 0.1) is 29.2 Å². The number of nitrogens with one attached hydrogen (secondary N) is 1. The minimum atomic E-state index is -1.14. The lowest BCUT2D eigenvalue weighted by Crippen LogP contribution is -2.44. The maximum atomic E-state index is 15.9. The smallest absolute Gasteiger partial charge is 0.425 e. The Morgan fingerprint density at radius 1 is 0.975 bits per heavy atom. The second-order valence-electron chi connectivity index (χ2n) is 11.0.